The highest BCUT2D eigenvalue weighted by molar-refractivity contribution is 7.21. The summed E-state index contributed by atoms with van der Waals surface area (Å²) in [4.78, 5) is 34.1. The van der Waals surface area contributed by atoms with Crippen LogP contribution in [0.4, 0.5) is 27.9 Å². The summed E-state index contributed by atoms with van der Waals surface area (Å²) in [6, 6.07) is 5.87. The zero-order chi connectivity index (χ0) is 24.4. The number of aromatic nitrogens is 2. The van der Waals surface area contributed by atoms with E-state index in [1.54, 1.807) is 11.9 Å². The molecule has 3 heterocycles. The maximum atomic E-state index is 12.0. The molecule has 3 aromatic rings. The van der Waals surface area contributed by atoms with Gasteiger partial charge in [-0.05, 0) is 29.7 Å². The van der Waals surface area contributed by atoms with Crippen LogP contribution in [0, 0.1) is 0 Å². The lowest BCUT2D eigenvalue weighted by atomic mass is 10.0. The first-order valence-corrected chi connectivity index (χ1v) is 12.0. The van der Waals surface area contributed by atoms with Crippen LogP contribution in [0.25, 0.3) is 0 Å². The summed E-state index contributed by atoms with van der Waals surface area (Å²) < 4.78 is 5.66. The molecule has 2 aromatic heterocycles. The Morgan fingerprint density at radius 3 is 2.71 bits per heavy atom. The fourth-order valence-corrected chi connectivity index (χ4v) is 4.96. The van der Waals surface area contributed by atoms with Crippen molar-refractivity contribution >= 4 is 81.3 Å². The summed E-state index contributed by atoms with van der Waals surface area (Å²) in [6.07, 6.45) is 1.92. The second-order valence-corrected chi connectivity index (χ2v) is 10.00. The van der Waals surface area contributed by atoms with E-state index < -0.39 is 6.09 Å². The first-order valence-electron chi connectivity index (χ1n) is 10.0. The molecule has 178 valence electrons. The predicted octanol–water partition coefficient (Wildman–Crippen LogP) is 5.61. The van der Waals surface area contributed by atoms with Crippen LogP contribution in [0.15, 0.2) is 24.4 Å². The van der Waals surface area contributed by atoms with E-state index in [0.717, 1.165) is 28.2 Å². The SMILES string of the molecule is CNC(=O)Oc1c(Cl)sc(Cl)c1Nc1nc(Nc2ccc3c(c2)CN(C)C(=O)CC3)ncc1Cl. The van der Waals surface area contributed by atoms with Crippen molar-refractivity contribution in [3.05, 3.63) is 49.2 Å². The summed E-state index contributed by atoms with van der Waals surface area (Å²) in [5, 5.41) is 8.70. The van der Waals surface area contributed by atoms with E-state index >= 15 is 0 Å². The summed E-state index contributed by atoms with van der Waals surface area (Å²) in [5.41, 5.74) is 3.20. The van der Waals surface area contributed by atoms with Gasteiger partial charge < -0.3 is 25.6 Å². The van der Waals surface area contributed by atoms with Crippen molar-refractivity contribution in [1.82, 2.24) is 20.2 Å². The van der Waals surface area contributed by atoms with Crippen molar-refractivity contribution < 1.29 is 14.3 Å². The maximum Gasteiger partial charge on any atom is 0.412 e. The minimum absolute atomic E-state index is 0.0598. The summed E-state index contributed by atoms with van der Waals surface area (Å²) in [5.74, 6) is 0.688. The Labute approximate surface area is 214 Å². The predicted molar refractivity (Wildman–Crippen MR) is 134 cm³/mol. The molecular formula is C21H19Cl3N6O3S. The Bertz CT molecular complexity index is 1270. The normalized spacial score (nSPS) is 13.2. The van der Waals surface area contributed by atoms with Crippen molar-refractivity contribution in [2.45, 2.75) is 19.4 Å². The maximum absolute atomic E-state index is 12.0. The van der Waals surface area contributed by atoms with Crippen LogP contribution in [-0.4, -0.2) is 41.0 Å². The zero-order valence-electron chi connectivity index (χ0n) is 18.0. The van der Waals surface area contributed by atoms with Crippen molar-refractivity contribution in [2.75, 3.05) is 24.7 Å². The van der Waals surface area contributed by atoms with Crippen molar-refractivity contribution in [2.24, 2.45) is 0 Å². The van der Waals surface area contributed by atoms with Gasteiger partial charge in [-0.3, -0.25) is 4.79 Å². The van der Waals surface area contributed by atoms with Gasteiger partial charge >= 0.3 is 6.09 Å². The van der Waals surface area contributed by atoms with Gasteiger partial charge in [0.2, 0.25) is 11.9 Å². The van der Waals surface area contributed by atoms with Gasteiger partial charge in [0.25, 0.3) is 0 Å². The molecule has 0 atom stereocenters. The average Bonchev–Trinajstić information content (AvgIpc) is 2.97. The number of rotatable bonds is 5. The van der Waals surface area contributed by atoms with E-state index in [1.165, 1.54) is 13.2 Å². The van der Waals surface area contributed by atoms with Gasteiger partial charge in [-0.15, -0.1) is 11.3 Å². The van der Waals surface area contributed by atoms with Gasteiger partial charge in [0.1, 0.15) is 19.4 Å². The number of nitrogens with one attached hydrogen (secondary N) is 3. The molecule has 0 aliphatic carbocycles. The molecule has 0 bridgehead atoms. The lowest BCUT2D eigenvalue weighted by Crippen LogP contribution is -2.24. The number of hydrogen-bond acceptors (Lipinski definition) is 8. The van der Waals surface area contributed by atoms with Crippen molar-refractivity contribution in [1.29, 1.82) is 0 Å². The number of benzene rings is 1. The third-order valence-electron chi connectivity index (χ3n) is 5.07. The smallest absolute Gasteiger partial charge is 0.406 e. The molecule has 0 saturated heterocycles. The molecule has 4 rings (SSSR count). The summed E-state index contributed by atoms with van der Waals surface area (Å²) >= 11 is 19.8. The minimum Gasteiger partial charge on any atom is -0.406 e. The first kappa shape index (κ1) is 24.3. The lowest BCUT2D eigenvalue weighted by Gasteiger charge is -2.15. The summed E-state index contributed by atoms with van der Waals surface area (Å²) in [6.45, 7) is 0.531. The molecule has 0 unspecified atom stereocenters. The van der Waals surface area contributed by atoms with Gasteiger partial charge in [0, 0.05) is 32.7 Å². The molecular weight excluding hydrogens is 523 g/mol. The number of ether oxygens (including phenoxy) is 1. The fourth-order valence-electron chi connectivity index (χ4n) is 3.34. The van der Waals surface area contributed by atoms with Crippen LogP contribution >= 0.6 is 46.1 Å². The van der Waals surface area contributed by atoms with E-state index in [2.05, 4.69) is 25.9 Å². The van der Waals surface area contributed by atoms with Crippen LogP contribution in [0.2, 0.25) is 13.7 Å². The third kappa shape index (κ3) is 5.30. The fraction of sp³-hybridized carbons (Fsp3) is 0.238. The molecule has 2 amide bonds. The highest BCUT2D eigenvalue weighted by Gasteiger charge is 2.22. The van der Waals surface area contributed by atoms with Gasteiger partial charge in [-0.2, -0.15) is 4.98 Å². The number of thiophene rings is 1. The Balaban J connectivity index is 1.58. The second-order valence-electron chi connectivity index (χ2n) is 7.37. The lowest BCUT2D eigenvalue weighted by molar-refractivity contribution is -0.130. The van der Waals surface area contributed by atoms with Crippen LogP contribution in [0.1, 0.15) is 17.5 Å². The molecule has 0 spiro atoms. The Morgan fingerprint density at radius 1 is 1.15 bits per heavy atom. The Hall–Kier alpha value is -2.79. The van der Waals surface area contributed by atoms with Crippen LogP contribution in [0.3, 0.4) is 0 Å². The molecule has 1 aliphatic heterocycles. The number of carbonyl (C=O) groups is 2. The first-order chi connectivity index (χ1) is 16.2. The summed E-state index contributed by atoms with van der Waals surface area (Å²) in [7, 11) is 3.22. The number of aryl methyl sites for hydroxylation is 1. The molecule has 0 fully saturated rings. The van der Waals surface area contributed by atoms with Crippen LogP contribution in [-0.2, 0) is 17.8 Å². The van der Waals surface area contributed by atoms with Crippen molar-refractivity contribution in [3.8, 4) is 5.75 Å². The number of carbonyl (C=O) groups excluding carboxylic acids is 2. The largest absolute Gasteiger partial charge is 0.412 e. The average molecular weight is 542 g/mol. The van der Waals surface area contributed by atoms with Gasteiger partial charge in [-0.1, -0.05) is 40.9 Å². The molecule has 1 aliphatic rings. The van der Waals surface area contributed by atoms with Crippen LogP contribution < -0.4 is 20.7 Å². The highest BCUT2D eigenvalue weighted by atomic mass is 35.5. The van der Waals surface area contributed by atoms with E-state index in [9.17, 15) is 9.59 Å². The molecule has 1 aromatic carbocycles. The van der Waals surface area contributed by atoms with Gasteiger partial charge in [0.15, 0.2) is 11.6 Å². The minimum atomic E-state index is -0.703. The number of nitrogens with zero attached hydrogens (tertiary/aromatic N) is 3. The number of halogens is 3. The van der Waals surface area contributed by atoms with E-state index in [0.29, 0.717) is 19.4 Å². The molecule has 9 nitrogen and oxygen atoms in total. The number of hydrogen-bond donors (Lipinski definition) is 3. The number of amides is 2. The Morgan fingerprint density at radius 2 is 1.94 bits per heavy atom. The third-order valence-corrected chi connectivity index (χ3v) is 6.92. The molecule has 0 radical (unpaired) electrons. The number of fused-ring (bicyclic) bond motifs is 1. The van der Waals surface area contributed by atoms with Gasteiger partial charge in [0.05, 0.1) is 6.20 Å². The molecule has 34 heavy (non-hydrogen) atoms. The standard InChI is InChI=1S/C21H19Cl3N6O3S/c1-25-21(32)33-16-15(17(23)34-18(16)24)28-19-13(22)8-26-20(29-19)27-12-5-3-10-4-6-14(31)30(2)9-11(10)7-12/h3,5,7-8H,4,6,9H2,1-2H3,(H,25,32)(H2,26,27,28,29). The second kappa shape index (κ2) is 10.2. The molecule has 0 saturated carbocycles. The van der Waals surface area contributed by atoms with E-state index in [-0.39, 0.29) is 42.8 Å². The quantitative estimate of drug-likeness (QED) is 0.385. The van der Waals surface area contributed by atoms with E-state index in [4.69, 9.17) is 39.5 Å². The Kier molecular flexibility index (Phi) is 7.32. The highest BCUT2D eigenvalue weighted by Crippen LogP contribution is 2.48. The molecule has 3 N–H and O–H groups in total. The molecule has 13 heteroatoms. The number of anilines is 4. The van der Waals surface area contributed by atoms with Crippen LogP contribution in [0.5, 0.6) is 5.75 Å². The van der Waals surface area contributed by atoms with Crippen molar-refractivity contribution in [3.63, 3.8) is 0 Å². The topological polar surface area (TPSA) is 108 Å². The van der Waals surface area contributed by atoms with E-state index in [1.807, 2.05) is 18.2 Å². The zero-order valence-corrected chi connectivity index (χ0v) is 21.1. The monoisotopic (exact) mass is 540 g/mol. The van der Waals surface area contributed by atoms with Gasteiger partial charge in [-0.25, -0.2) is 9.78 Å².